The maximum atomic E-state index is 13.4. The van der Waals surface area contributed by atoms with Gasteiger partial charge in [0.25, 0.3) is 0 Å². The monoisotopic (exact) mass is 481 g/mol. The number of halogens is 1. The second-order valence-electron chi connectivity index (χ2n) is 8.41. The van der Waals surface area contributed by atoms with Gasteiger partial charge in [-0.2, -0.15) is 0 Å². The van der Waals surface area contributed by atoms with Gasteiger partial charge in [0.05, 0.1) is 30.0 Å². The molecule has 4 aromatic rings. The van der Waals surface area contributed by atoms with Crippen LogP contribution in [0.2, 0.25) is 0 Å². The molecular weight excluding hydrogens is 461 g/mol. The van der Waals surface area contributed by atoms with Crippen LogP contribution in [0, 0.1) is 19.7 Å². The third-order valence-electron chi connectivity index (χ3n) is 6.11. The number of hydrogen-bond acceptors (Lipinski definition) is 6. The third-order valence-corrected chi connectivity index (χ3v) is 7.51. The fourth-order valence-corrected chi connectivity index (χ4v) is 5.57. The molecule has 0 spiro atoms. The van der Waals surface area contributed by atoms with E-state index in [0.717, 1.165) is 21.9 Å². The average molecular weight is 482 g/mol. The predicted molar refractivity (Wildman–Crippen MR) is 126 cm³/mol. The van der Waals surface area contributed by atoms with Gasteiger partial charge in [-0.1, -0.05) is 12.1 Å². The highest BCUT2D eigenvalue weighted by Gasteiger charge is 2.25. The zero-order valence-corrected chi connectivity index (χ0v) is 19.2. The van der Waals surface area contributed by atoms with E-state index in [9.17, 15) is 22.4 Å². The number of fused-ring (bicyclic) bond motifs is 2. The van der Waals surface area contributed by atoms with Gasteiger partial charge in [-0.05, 0) is 49.2 Å². The van der Waals surface area contributed by atoms with E-state index >= 15 is 0 Å². The van der Waals surface area contributed by atoms with E-state index in [0.29, 0.717) is 27.7 Å². The number of amides is 1. The van der Waals surface area contributed by atoms with Gasteiger partial charge in [0.1, 0.15) is 17.0 Å². The number of nitrogens with one attached hydrogen (secondary N) is 1. The van der Waals surface area contributed by atoms with Gasteiger partial charge in [-0.15, -0.1) is 0 Å². The molecule has 1 amide bonds. The fraction of sp³-hybridized carbons (Fsp3) is 0.200. The standard InChI is InChI=1S/C25H20FNO6S/c1-13-18-9-20-21(15-3-5-16(26)6-4-15)11-32-23(20)14(2)24(18)33-25(29)19(13)10-22(28)27-17-7-8-34(30,31)12-17/h3-9,11,17H,10,12H2,1-2H3,(H,27,28)/t17-/m1/s1. The van der Waals surface area contributed by atoms with E-state index < -0.39 is 27.4 Å². The number of hydrogen-bond donors (Lipinski definition) is 1. The van der Waals surface area contributed by atoms with Crippen molar-refractivity contribution in [2.75, 3.05) is 5.75 Å². The summed E-state index contributed by atoms with van der Waals surface area (Å²) in [5.41, 5.74) is 3.24. The summed E-state index contributed by atoms with van der Waals surface area (Å²) in [6.45, 7) is 3.52. The van der Waals surface area contributed by atoms with Crippen LogP contribution in [0.1, 0.15) is 16.7 Å². The Morgan fingerprint density at radius 3 is 2.53 bits per heavy atom. The zero-order valence-electron chi connectivity index (χ0n) is 18.3. The van der Waals surface area contributed by atoms with Crippen LogP contribution >= 0.6 is 0 Å². The smallest absolute Gasteiger partial charge is 0.340 e. The number of furan rings is 1. The molecule has 0 saturated carbocycles. The summed E-state index contributed by atoms with van der Waals surface area (Å²) < 4.78 is 47.9. The Morgan fingerprint density at radius 2 is 1.85 bits per heavy atom. The minimum Gasteiger partial charge on any atom is -0.463 e. The van der Waals surface area contributed by atoms with Crippen molar-refractivity contribution in [3.05, 3.63) is 81.0 Å². The molecule has 0 bridgehead atoms. The lowest BCUT2D eigenvalue weighted by Crippen LogP contribution is -2.37. The summed E-state index contributed by atoms with van der Waals surface area (Å²) in [6.07, 6.45) is 2.75. The lowest BCUT2D eigenvalue weighted by molar-refractivity contribution is -0.120. The molecule has 1 N–H and O–H groups in total. The maximum Gasteiger partial charge on any atom is 0.340 e. The van der Waals surface area contributed by atoms with Gasteiger partial charge in [0, 0.05) is 27.3 Å². The van der Waals surface area contributed by atoms with Crippen LogP contribution in [0.4, 0.5) is 4.39 Å². The minimum atomic E-state index is -3.31. The van der Waals surface area contributed by atoms with Crippen LogP contribution in [0.3, 0.4) is 0 Å². The summed E-state index contributed by atoms with van der Waals surface area (Å²) >= 11 is 0. The molecule has 7 nitrogen and oxygen atoms in total. The molecule has 2 aromatic carbocycles. The van der Waals surface area contributed by atoms with Crippen LogP contribution in [-0.2, 0) is 21.1 Å². The largest absolute Gasteiger partial charge is 0.463 e. The molecule has 0 unspecified atom stereocenters. The normalized spacial score (nSPS) is 17.0. The Balaban J connectivity index is 1.56. The lowest BCUT2D eigenvalue weighted by Gasteiger charge is -2.12. The molecule has 2 aromatic heterocycles. The summed E-state index contributed by atoms with van der Waals surface area (Å²) in [4.78, 5) is 25.3. The predicted octanol–water partition coefficient (Wildman–Crippen LogP) is 3.93. The van der Waals surface area contributed by atoms with E-state index in [1.54, 1.807) is 32.2 Å². The van der Waals surface area contributed by atoms with Crippen molar-refractivity contribution in [2.24, 2.45) is 0 Å². The highest BCUT2D eigenvalue weighted by Crippen LogP contribution is 2.37. The van der Waals surface area contributed by atoms with E-state index in [1.165, 1.54) is 18.2 Å². The Kier molecular flexibility index (Phi) is 5.16. The van der Waals surface area contributed by atoms with Crippen molar-refractivity contribution in [1.29, 1.82) is 0 Å². The number of benzene rings is 2. The van der Waals surface area contributed by atoms with Gasteiger partial charge < -0.3 is 14.2 Å². The van der Waals surface area contributed by atoms with Gasteiger partial charge in [0.2, 0.25) is 5.91 Å². The summed E-state index contributed by atoms with van der Waals surface area (Å²) in [5, 5.41) is 5.12. The topological polar surface area (TPSA) is 107 Å². The van der Waals surface area contributed by atoms with Gasteiger partial charge in [-0.25, -0.2) is 17.6 Å². The molecular formula is C25H20FNO6S. The number of sulfone groups is 1. The minimum absolute atomic E-state index is 0.195. The Labute approximate surface area is 193 Å². The average Bonchev–Trinajstić information content (AvgIpc) is 3.35. The van der Waals surface area contributed by atoms with Crippen LogP contribution < -0.4 is 10.9 Å². The summed E-state index contributed by atoms with van der Waals surface area (Å²) in [6, 6.07) is 7.26. The van der Waals surface area contributed by atoms with Crippen LogP contribution in [-0.4, -0.2) is 26.1 Å². The molecule has 0 radical (unpaired) electrons. The number of carbonyl (C=O) groups is 1. The van der Waals surface area contributed by atoms with E-state index in [4.69, 9.17) is 8.83 Å². The summed E-state index contributed by atoms with van der Waals surface area (Å²) in [5.74, 6) is -1.02. The first kappa shape index (κ1) is 22.1. The first-order chi connectivity index (χ1) is 16.1. The Bertz CT molecular complexity index is 1660. The quantitative estimate of drug-likeness (QED) is 0.443. The number of carbonyl (C=O) groups excluding carboxylic acids is 1. The molecule has 9 heteroatoms. The van der Waals surface area contributed by atoms with Crippen LogP contribution in [0.15, 0.2) is 61.7 Å². The Hall–Kier alpha value is -3.72. The summed E-state index contributed by atoms with van der Waals surface area (Å²) in [7, 11) is -3.31. The molecule has 1 atom stereocenters. The maximum absolute atomic E-state index is 13.4. The highest BCUT2D eigenvalue weighted by molar-refractivity contribution is 7.94. The fourth-order valence-electron chi connectivity index (χ4n) is 4.34. The third kappa shape index (κ3) is 3.81. The van der Waals surface area contributed by atoms with Gasteiger partial charge in [0.15, 0.2) is 9.84 Å². The van der Waals surface area contributed by atoms with Crippen LogP contribution in [0.25, 0.3) is 33.1 Å². The SMILES string of the molecule is Cc1c(CC(=O)N[C@@H]2C=CS(=O)(=O)C2)c(=O)oc2c(C)c3occ(-c4ccc(F)cc4)c3cc12. The first-order valence-electron chi connectivity index (χ1n) is 10.6. The molecule has 34 heavy (non-hydrogen) atoms. The molecule has 1 aliphatic heterocycles. The van der Waals surface area contributed by atoms with Crippen molar-refractivity contribution in [3.63, 3.8) is 0 Å². The van der Waals surface area contributed by atoms with Crippen LogP contribution in [0.5, 0.6) is 0 Å². The highest BCUT2D eigenvalue weighted by atomic mass is 32.2. The second-order valence-corrected chi connectivity index (χ2v) is 10.3. The molecule has 5 rings (SSSR count). The zero-order chi connectivity index (χ0) is 24.2. The van der Waals surface area contributed by atoms with E-state index in [-0.39, 0.29) is 23.6 Å². The van der Waals surface area contributed by atoms with E-state index in [1.807, 2.05) is 6.07 Å². The second kappa shape index (κ2) is 7.95. The van der Waals surface area contributed by atoms with Gasteiger partial charge in [-0.3, -0.25) is 4.79 Å². The molecule has 174 valence electrons. The molecule has 0 fully saturated rings. The van der Waals surface area contributed by atoms with Crippen molar-refractivity contribution in [1.82, 2.24) is 5.32 Å². The Morgan fingerprint density at radius 1 is 1.12 bits per heavy atom. The molecule has 1 aliphatic rings. The number of aryl methyl sites for hydroxylation is 2. The molecule has 3 heterocycles. The lowest BCUT2D eigenvalue weighted by atomic mass is 9.97. The van der Waals surface area contributed by atoms with Crippen molar-refractivity contribution < 1.29 is 26.4 Å². The molecule has 0 saturated heterocycles. The van der Waals surface area contributed by atoms with Crippen molar-refractivity contribution >= 4 is 37.7 Å². The first-order valence-corrected chi connectivity index (χ1v) is 12.3. The molecule has 0 aliphatic carbocycles. The van der Waals surface area contributed by atoms with E-state index in [2.05, 4.69) is 5.32 Å². The van der Waals surface area contributed by atoms with Crippen molar-refractivity contribution in [3.8, 4) is 11.1 Å². The van der Waals surface area contributed by atoms with Gasteiger partial charge >= 0.3 is 5.63 Å². The van der Waals surface area contributed by atoms with Crippen molar-refractivity contribution in [2.45, 2.75) is 26.3 Å². The number of rotatable bonds is 4.